The highest BCUT2D eigenvalue weighted by Crippen LogP contribution is 2.34. The average molecular weight is 494 g/mol. The van der Waals surface area contributed by atoms with Gasteiger partial charge in [-0.1, -0.05) is 11.6 Å². The molecule has 3 N–H and O–H groups in total. The number of hydrazone groups is 1. The Morgan fingerprint density at radius 3 is 2.54 bits per heavy atom. The lowest BCUT2D eigenvalue weighted by molar-refractivity contribution is 0.252. The first-order chi connectivity index (χ1) is 17.0. The number of benzene rings is 3. The van der Waals surface area contributed by atoms with Crippen LogP contribution in [0.25, 0.3) is 10.9 Å². The first-order valence-corrected chi connectivity index (χ1v) is 10.8. The monoisotopic (exact) mass is 493 g/mol. The van der Waals surface area contributed by atoms with Crippen molar-refractivity contribution in [2.24, 2.45) is 5.10 Å². The zero-order valence-electron chi connectivity index (χ0n) is 18.8. The zero-order chi connectivity index (χ0) is 24.8. The van der Waals surface area contributed by atoms with Gasteiger partial charge in [0.05, 0.1) is 36.7 Å². The Morgan fingerprint density at radius 2 is 1.83 bits per heavy atom. The number of urea groups is 1. The van der Waals surface area contributed by atoms with E-state index in [0.29, 0.717) is 33.7 Å². The number of pyridine rings is 1. The summed E-state index contributed by atoms with van der Waals surface area (Å²) in [4.78, 5) is 16.8. The van der Waals surface area contributed by atoms with Crippen molar-refractivity contribution in [3.05, 3.63) is 83.3 Å². The van der Waals surface area contributed by atoms with E-state index < -0.39 is 11.8 Å². The Labute approximate surface area is 205 Å². The van der Waals surface area contributed by atoms with Crippen LogP contribution < -0.4 is 25.5 Å². The number of nitrogens with zero attached hydrogens (tertiary/aromatic N) is 2. The maximum Gasteiger partial charge on any atom is 0.339 e. The molecule has 0 spiro atoms. The molecular weight excluding hydrogens is 473 g/mol. The van der Waals surface area contributed by atoms with Crippen molar-refractivity contribution in [1.82, 2.24) is 10.4 Å². The van der Waals surface area contributed by atoms with E-state index in [1.807, 2.05) is 12.1 Å². The Kier molecular flexibility index (Phi) is 7.27. The normalized spacial score (nSPS) is 10.9. The van der Waals surface area contributed by atoms with Gasteiger partial charge in [-0.2, -0.15) is 5.10 Å². The standard InChI is InChI=1S/C25H21ClFN5O3/c1-34-17-6-3-15(4-7-17)14-29-32-25(33)31-23-12-18-21(9-10-28-22(18)13-24(23)35-2)30-16-5-8-20(27)19(26)11-16/h3-14H,1-2H3,(H,28,30)(H2,31,32,33)/b29-14+. The van der Waals surface area contributed by atoms with Gasteiger partial charge in [0.15, 0.2) is 0 Å². The number of anilines is 3. The second-order valence-corrected chi connectivity index (χ2v) is 7.69. The van der Waals surface area contributed by atoms with Gasteiger partial charge in [-0.05, 0) is 60.2 Å². The van der Waals surface area contributed by atoms with Gasteiger partial charge in [-0.3, -0.25) is 4.98 Å². The number of rotatable bonds is 7. The number of carbonyl (C=O) groups excluding carboxylic acids is 1. The van der Waals surface area contributed by atoms with Gasteiger partial charge in [0.1, 0.15) is 17.3 Å². The minimum Gasteiger partial charge on any atom is -0.497 e. The number of carbonyl (C=O) groups is 1. The van der Waals surface area contributed by atoms with E-state index in [1.165, 1.54) is 25.5 Å². The molecule has 0 unspecified atom stereocenters. The highest BCUT2D eigenvalue weighted by molar-refractivity contribution is 6.31. The van der Waals surface area contributed by atoms with E-state index >= 15 is 0 Å². The van der Waals surface area contributed by atoms with Crippen molar-refractivity contribution in [3.8, 4) is 11.5 Å². The van der Waals surface area contributed by atoms with E-state index in [2.05, 4.69) is 26.1 Å². The number of ether oxygens (including phenoxy) is 2. The van der Waals surface area contributed by atoms with Gasteiger partial charge in [0.25, 0.3) is 0 Å². The van der Waals surface area contributed by atoms with Crippen LogP contribution in [0.2, 0.25) is 5.02 Å². The summed E-state index contributed by atoms with van der Waals surface area (Å²) in [5.41, 5.74) is 5.53. The molecule has 35 heavy (non-hydrogen) atoms. The summed E-state index contributed by atoms with van der Waals surface area (Å²) in [7, 11) is 3.08. The second kappa shape index (κ2) is 10.7. The number of methoxy groups -OCH3 is 2. The second-order valence-electron chi connectivity index (χ2n) is 7.28. The summed E-state index contributed by atoms with van der Waals surface area (Å²) in [6.07, 6.45) is 3.14. The van der Waals surface area contributed by atoms with Crippen LogP contribution in [0.1, 0.15) is 5.56 Å². The molecule has 0 aliphatic carbocycles. The summed E-state index contributed by atoms with van der Waals surface area (Å²) in [5, 5.41) is 10.6. The van der Waals surface area contributed by atoms with Crippen molar-refractivity contribution in [1.29, 1.82) is 0 Å². The van der Waals surface area contributed by atoms with E-state index in [4.69, 9.17) is 21.1 Å². The number of aromatic nitrogens is 1. The van der Waals surface area contributed by atoms with Crippen molar-refractivity contribution in [3.63, 3.8) is 0 Å². The fraction of sp³-hybridized carbons (Fsp3) is 0.0800. The van der Waals surface area contributed by atoms with Crippen LogP contribution in [0.3, 0.4) is 0 Å². The van der Waals surface area contributed by atoms with Gasteiger partial charge < -0.3 is 20.1 Å². The summed E-state index contributed by atoms with van der Waals surface area (Å²) in [6, 6.07) is 16.2. The molecule has 1 heterocycles. The van der Waals surface area contributed by atoms with Crippen LogP contribution in [-0.4, -0.2) is 31.4 Å². The molecule has 0 saturated heterocycles. The van der Waals surface area contributed by atoms with E-state index in [1.54, 1.807) is 49.7 Å². The quantitative estimate of drug-likeness (QED) is 0.218. The average Bonchev–Trinajstić information content (AvgIpc) is 2.86. The minimum absolute atomic E-state index is 0.00394. The van der Waals surface area contributed by atoms with Crippen LogP contribution in [-0.2, 0) is 0 Å². The fourth-order valence-electron chi connectivity index (χ4n) is 3.28. The Bertz CT molecular complexity index is 1400. The highest BCUT2D eigenvalue weighted by Gasteiger charge is 2.12. The number of fused-ring (bicyclic) bond motifs is 1. The Hall–Kier alpha value is -4.37. The summed E-state index contributed by atoms with van der Waals surface area (Å²) < 4.78 is 24.1. The van der Waals surface area contributed by atoms with Crippen molar-refractivity contribution in [2.45, 2.75) is 0 Å². The van der Waals surface area contributed by atoms with Gasteiger partial charge in [0, 0.05) is 29.0 Å². The van der Waals surface area contributed by atoms with Crippen molar-refractivity contribution < 1.29 is 18.7 Å². The predicted octanol–water partition coefficient (Wildman–Crippen LogP) is 5.94. The van der Waals surface area contributed by atoms with Gasteiger partial charge in [-0.25, -0.2) is 14.6 Å². The summed E-state index contributed by atoms with van der Waals surface area (Å²) in [5.74, 6) is 0.636. The van der Waals surface area contributed by atoms with Crippen molar-refractivity contribution in [2.75, 3.05) is 24.9 Å². The largest absolute Gasteiger partial charge is 0.497 e. The van der Waals surface area contributed by atoms with E-state index in [-0.39, 0.29) is 5.02 Å². The molecule has 0 fully saturated rings. The maximum absolute atomic E-state index is 13.5. The zero-order valence-corrected chi connectivity index (χ0v) is 19.6. The van der Waals surface area contributed by atoms with Crippen LogP contribution in [0, 0.1) is 5.82 Å². The minimum atomic E-state index is -0.559. The third kappa shape index (κ3) is 5.77. The Morgan fingerprint density at radius 1 is 1.03 bits per heavy atom. The maximum atomic E-state index is 13.5. The molecule has 2 amide bonds. The number of halogens is 2. The topological polar surface area (TPSA) is 96.9 Å². The molecule has 0 saturated carbocycles. The molecule has 178 valence electrons. The molecular formula is C25H21ClFN5O3. The molecule has 3 aromatic carbocycles. The molecule has 0 aliphatic rings. The van der Waals surface area contributed by atoms with Gasteiger partial charge in [-0.15, -0.1) is 0 Å². The fourth-order valence-corrected chi connectivity index (χ4v) is 3.46. The predicted molar refractivity (Wildman–Crippen MR) is 136 cm³/mol. The molecule has 0 bridgehead atoms. The molecule has 4 aromatic rings. The smallest absolute Gasteiger partial charge is 0.339 e. The first-order valence-electron chi connectivity index (χ1n) is 10.4. The molecule has 0 aliphatic heterocycles. The van der Waals surface area contributed by atoms with E-state index in [0.717, 1.165) is 11.3 Å². The number of hydrogen-bond acceptors (Lipinski definition) is 6. The van der Waals surface area contributed by atoms with E-state index in [9.17, 15) is 9.18 Å². The first kappa shape index (κ1) is 23.8. The number of nitrogens with one attached hydrogen (secondary N) is 3. The molecule has 4 rings (SSSR count). The third-order valence-electron chi connectivity index (χ3n) is 5.01. The number of amides is 2. The molecule has 8 nitrogen and oxygen atoms in total. The molecule has 1 aromatic heterocycles. The van der Waals surface area contributed by atoms with Crippen LogP contribution in [0.4, 0.5) is 26.2 Å². The lowest BCUT2D eigenvalue weighted by atomic mass is 10.1. The Balaban J connectivity index is 1.54. The number of hydrogen-bond donors (Lipinski definition) is 3. The van der Waals surface area contributed by atoms with Crippen molar-refractivity contribution >= 4 is 51.8 Å². The lowest BCUT2D eigenvalue weighted by Gasteiger charge is -2.14. The lowest BCUT2D eigenvalue weighted by Crippen LogP contribution is -2.24. The summed E-state index contributed by atoms with van der Waals surface area (Å²) >= 11 is 5.90. The molecule has 10 heteroatoms. The third-order valence-corrected chi connectivity index (χ3v) is 5.29. The molecule has 0 radical (unpaired) electrons. The molecule has 0 atom stereocenters. The van der Waals surface area contributed by atoms with Crippen LogP contribution >= 0.6 is 11.6 Å². The van der Waals surface area contributed by atoms with Gasteiger partial charge >= 0.3 is 6.03 Å². The SMILES string of the molecule is COc1ccc(/C=N/NC(=O)Nc2cc3c(Nc4ccc(F)c(Cl)c4)ccnc3cc2OC)cc1. The van der Waals surface area contributed by atoms with Gasteiger partial charge in [0.2, 0.25) is 0 Å². The van der Waals surface area contributed by atoms with Crippen LogP contribution in [0.5, 0.6) is 11.5 Å². The summed E-state index contributed by atoms with van der Waals surface area (Å²) in [6.45, 7) is 0. The highest BCUT2D eigenvalue weighted by atomic mass is 35.5. The van der Waals surface area contributed by atoms with Crippen LogP contribution in [0.15, 0.2) is 72.0 Å².